The molecule has 2 rings (SSSR count). The maximum atomic E-state index is 12.1. The van der Waals surface area contributed by atoms with E-state index in [1.165, 1.54) is 0 Å². The average Bonchev–Trinajstić information content (AvgIpc) is 2.62. The molecule has 7 nitrogen and oxygen atoms in total. The van der Waals surface area contributed by atoms with Crippen LogP contribution in [-0.4, -0.2) is 51.1 Å². The van der Waals surface area contributed by atoms with Gasteiger partial charge in [0.1, 0.15) is 11.5 Å². The Morgan fingerprint density at radius 1 is 0.885 bits per heavy atom. The van der Waals surface area contributed by atoms with Gasteiger partial charge in [-0.1, -0.05) is 12.1 Å². The molecule has 2 amide bonds. The lowest BCUT2D eigenvalue weighted by Gasteiger charge is -2.17. The van der Waals surface area contributed by atoms with E-state index in [-0.39, 0.29) is 24.9 Å². The van der Waals surface area contributed by atoms with Gasteiger partial charge in [0.25, 0.3) is 0 Å². The van der Waals surface area contributed by atoms with Crippen LogP contribution in [0.1, 0.15) is 0 Å². The number of hydrogen-bond acceptors (Lipinski definition) is 5. The second-order valence-electron chi connectivity index (χ2n) is 5.70. The molecule has 26 heavy (non-hydrogen) atoms. The zero-order valence-corrected chi connectivity index (χ0v) is 15.1. The molecule has 0 aliphatic heterocycles. The van der Waals surface area contributed by atoms with E-state index in [1.807, 2.05) is 12.1 Å². The molecule has 0 heterocycles. The van der Waals surface area contributed by atoms with Gasteiger partial charge in [-0.05, 0) is 43.4 Å². The van der Waals surface area contributed by atoms with E-state index in [2.05, 4.69) is 10.6 Å². The van der Waals surface area contributed by atoms with Crippen LogP contribution in [0.25, 0.3) is 0 Å². The van der Waals surface area contributed by atoms with E-state index < -0.39 is 0 Å². The number of carbonyl (C=O) groups is 2. The molecule has 0 aliphatic carbocycles. The van der Waals surface area contributed by atoms with Crippen LogP contribution in [0, 0.1) is 0 Å². The third kappa shape index (κ3) is 5.78. The van der Waals surface area contributed by atoms with Crippen LogP contribution in [0.2, 0.25) is 0 Å². The summed E-state index contributed by atoms with van der Waals surface area (Å²) in [6.45, 7) is 0.166. The fourth-order valence-corrected chi connectivity index (χ4v) is 2.36. The standard InChI is InChI=1S/C19H23N3O4/c1-22(12-18(23)20-14-8-10-15(25-2)11-9-14)13-19(24)21-16-6-4-5-7-17(16)26-3/h4-11H,12-13H2,1-3H3,(H,20,23)(H,21,24). The molecular weight excluding hydrogens is 334 g/mol. The Labute approximate surface area is 152 Å². The van der Waals surface area contributed by atoms with E-state index in [0.717, 1.165) is 0 Å². The van der Waals surface area contributed by atoms with Crippen molar-refractivity contribution in [1.82, 2.24) is 4.90 Å². The maximum absolute atomic E-state index is 12.1. The van der Waals surface area contributed by atoms with E-state index in [9.17, 15) is 9.59 Å². The summed E-state index contributed by atoms with van der Waals surface area (Å²) in [5.41, 5.74) is 1.26. The van der Waals surface area contributed by atoms with E-state index in [4.69, 9.17) is 9.47 Å². The molecule has 7 heteroatoms. The van der Waals surface area contributed by atoms with Gasteiger partial charge >= 0.3 is 0 Å². The minimum atomic E-state index is -0.228. The molecular formula is C19H23N3O4. The van der Waals surface area contributed by atoms with Crippen LogP contribution >= 0.6 is 0 Å². The topological polar surface area (TPSA) is 79.9 Å². The fourth-order valence-electron chi connectivity index (χ4n) is 2.36. The van der Waals surface area contributed by atoms with Gasteiger partial charge in [0.15, 0.2) is 0 Å². The molecule has 0 saturated heterocycles. The summed E-state index contributed by atoms with van der Waals surface area (Å²) in [6.07, 6.45) is 0. The number of hydrogen-bond donors (Lipinski definition) is 2. The molecule has 0 aliphatic rings. The Balaban J connectivity index is 1.82. The summed E-state index contributed by atoms with van der Waals surface area (Å²) < 4.78 is 10.3. The van der Waals surface area contributed by atoms with Crippen molar-refractivity contribution in [3.8, 4) is 11.5 Å². The molecule has 0 bridgehead atoms. The highest BCUT2D eigenvalue weighted by molar-refractivity contribution is 5.95. The number of nitrogens with one attached hydrogen (secondary N) is 2. The van der Waals surface area contributed by atoms with Gasteiger partial charge in [-0.15, -0.1) is 0 Å². The quantitative estimate of drug-likeness (QED) is 0.757. The van der Waals surface area contributed by atoms with Crippen LogP contribution in [0.15, 0.2) is 48.5 Å². The summed E-state index contributed by atoms with van der Waals surface area (Å²) in [7, 11) is 4.83. The van der Waals surface area contributed by atoms with Crippen molar-refractivity contribution in [2.75, 3.05) is 45.0 Å². The molecule has 2 aromatic rings. The Morgan fingerprint density at radius 3 is 2.12 bits per heavy atom. The minimum Gasteiger partial charge on any atom is -0.497 e. The number of likely N-dealkylation sites (N-methyl/N-ethyl adjacent to an activating group) is 1. The first kappa shape index (κ1) is 19.3. The number of benzene rings is 2. The predicted molar refractivity (Wildman–Crippen MR) is 101 cm³/mol. The number of nitrogens with zero attached hydrogens (tertiary/aromatic N) is 1. The monoisotopic (exact) mass is 357 g/mol. The lowest BCUT2D eigenvalue weighted by Crippen LogP contribution is -2.36. The third-order valence-corrected chi connectivity index (χ3v) is 3.58. The number of ether oxygens (including phenoxy) is 2. The van der Waals surface area contributed by atoms with Gasteiger partial charge in [-0.3, -0.25) is 14.5 Å². The Bertz CT molecular complexity index is 747. The largest absolute Gasteiger partial charge is 0.497 e. The average molecular weight is 357 g/mol. The Kier molecular flexibility index (Phi) is 6.99. The van der Waals surface area contributed by atoms with E-state index in [1.54, 1.807) is 62.6 Å². The van der Waals surface area contributed by atoms with Crippen molar-refractivity contribution in [1.29, 1.82) is 0 Å². The van der Waals surface area contributed by atoms with E-state index >= 15 is 0 Å². The van der Waals surface area contributed by atoms with Crippen molar-refractivity contribution < 1.29 is 19.1 Å². The first-order chi connectivity index (χ1) is 12.5. The van der Waals surface area contributed by atoms with Crippen molar-refractivity contribution in [3.05, 3.63) is 48.5 Å². The lowest BCUT2D eigenvalue weighted by atomic mass is 10.3. The van der Waals surface area contributed by atoms with Crippen molar-refractivity contribution >= 4 is 23.2 Å². The summed E-state index contributed by atoms with van der Waals surface area (Å²) in [5, 5.41) is 5.55. The number of para-hydroxylation sites is 2. The first-order valence-corrected chi connectivity index (χ1v) is 8.07. The number of rotatable bonds is 8. The summed E-state index contributed by atoms with van der Waals surface area (Å²) in [4.78, 5) is 25.9. The van der Waals surface area contributed by atoms with Crippen LogP contribution in [-0.2, 0) is 9.59 Å². The highest BCUT2D eigenvalue weighted by atomic mass is 16.5. The summed E-state index contributed by atoms with van der Waals surface area (Å²) >= 11 is 0. The van der Waals surface area contributed by atoms with Gasteiger partial charge in [-0.25, -0.2) is 0 Å². The van der Waals surface area contributed by atoms with Gasteiger partial charge in [0, 0.05) is 5.69 Å². The Morgan fingerprint density at radius 2 is 1.50 bits per heavy atom. The van der Waals surface area contributed by atoms with Crippen LogP contribution < -0.4 is 20.1 Å². The van der Waals surface area contributed by atoms with Crippen molar-refractivity contribution in [2.24, 2.45) is 0 Å². The van der Waals surface area contributed by atoms with Crippen LogP contribution in [0.3, 0.4) is 0 Å². The molecule has 0 fully saturated rings. The number of amides is 2. The normalized spacial score (nSPS) is 10.3. The molecule has 2 N–H and O–H groups in total. The second-order valence-corrected chi connectivity index (χ2v) is 5.70. The van der Waals surface area contributed by atoms with Gasteiger partial charge < -0.3 is 20.1 Å². The zero-order chi connectivity index (χ0) is 18.9. The van der Waals surface area contributed by atoms with E-state index in [0.29, 0.717) is 22.9 Å². The molecule has 0 unspecified atom stereocenters. The molecule has 138 valence electrons. The van der Waals surface area contributed by atoms with Gasteiger partial charge in [0.05, 0.1) is 33.0 Å². The van der Waals surface area contributed by atoms with Crippen LogP contribution in [0.4, 0.5) is 11.4 Å². The lowest BCUT2D eigenvalue weighted by molar-refractivity contribution is -0.119. The Hall–Kier alpha value is -3.06. The third-order valence-electron chi connectivity index (χ3n) is 3.58. The predicted octanol–water partition coefficient (Wildman–Crippen LogP) is 2.21. The maximum Gasteiger partial charge on any atom is 0.238 e. The highest BCUT2D eigenvalue weighted by Crippen LogP contribution is 2.22. The SMILES string of the molecule is COc1ccc(NC(=O)CN(C)CC(=O)Nc2ccccc2OC)cc1. The summed E-state index contributed by atoms with van der Waals surface area (Å²) in [5.74, 6) is 0.867. The van der Waals surface area contributed by atoms with Gasteiger partial charge in [0.2, 0.25) is 11.8 Å². The summed E-state index contributed by atoms with van der Waals surface area (Å²) in [6, 6.07) is 14.2. The number of anilines is 2. The molecule has 2 aromatic carbocycles. The molecule has 0 aromatic heterocycles. The first-order valence-electron chi connectivity index (χ1n) is 8.07. The molecule has 0 atom stereocenters. The fraction of sp³-hybridized carbons (Fsp3) is 0.263. The van der Waals surface area contributed by atoms with Crippen molar-refractivity contribution in [2.45, 2.75) is 0 Å². The molecule has 0 saturated carbocycles. The second kappa shape index (κ2) is 9.43. The minimum absolute atomic E-state index is 0.0775. The smallest absolute Gasteiger partial charge is 0.238 e. The van der Waals surface area contributed by atoms with Gasteiger partial charge in [-0.2, -0.15) is 0 Å². The van der Waals surface area contributed by atoms with Crippen LogP contribution in [0.5, 0.6) is 11.5 Å². The number of carbonyl (C=O) groups excluding carboxylic acids is 2. The number of methoxy groups -OCH3 is 2. The zero-order valence-electron chi connectivity index (χ0n) is 15.1. The van der Waals surface area contributed by atoms with Crippen molar-refractivity contribution in [3.63, 3.8) is 0 Å². The molecule has 0 spiro atoms. The highest BCUT2D eigenvalue weighted by Gasteiger charge is 2.12. The molecule has 0 radical (unpaired) electrons.